The van der Waals surface area contributed by atoms with Crippen molar-refractivity contribution in [3.8, 4) is 0 Å². The van der Waals surface area contributed by atoms with Crippen LogP contribution in [-0.2, 0) is 14.3 Å². The first kappa shape index (κ1) is 21.6. The molecule has 1 saturated heterocycles. The number of carbonyl (C=O) groups excluding carboxylic acids is 1. The molecule has 0 aromatic carbocycles. The minimum Gasteiger partial charge on any atom is -0.352 e. The van der Waals surface area contributed by atoms with Gasteiger partial charge in [-0.25, -0.2) is 0 Å². The predicted molar refractivity (Wildman–Crippen MR) is 99.9 cm³/mol. The van der Waals surface area contributed by atoms with Crippen LogP contribution < -0.4 is 0 Å². The number of carbonyl (C=O) groups is 1. The predicted octanol–water partition coefficient (Wildman–Crippen LogP) is 5.47. The van der Waals surface area contributed by atoms with Crippen molar-refractivity contribution in [1.82, 2.24) is 0 Å². The summed E-state index contributed by atoms with van der Waals surface area (Å²) in [5.74, 6) is 1.14. The first-order valence-corrected chi connectivity index (χ1v) is 9.66. The van der Waals surface area contributed by atoms with E-state index in [4.69, 9.17) is 9.47 Å². The minimum absolute atomic E-state index is 0.190. The summed E-state index contributed by atoms with van der Waals surface area (Å²) in [4.78, 5) is 12.7. The molecule has 1 aliphatic rings. The van der Waals surface area contributed by atoms with Crippen LogP contribution in [0.25, 0.3) is 0 Å². The Bertz CT molecular complexity index is 402. The lowest BCUT2D eigenvalue weighted by atomic mass is 9.74. The molecule has 0 saturated carbocycles. The zero-order valence-corrected chi connectivity index (χ0v) is 17.4. The van der Waals surface area contributed by atoms with E-state index in [1.165, 1.54) is 12.8 Å². The zero-order valence-electron chi connectivity index (χ0n) is 17.4. The van der Waals surface area contributed by atoms with Gasteiger partial charge in [-0.15, -0.1) is 0 Å². The third kappa shape index (κ3) is 6.15. The third-order valence-electron chi connectivity index (χ3n) is 5.45. The van der Waals surface area contributed by atoms with E-state index in [1.807, 2.05) is 20.8 Å². The molecule has 24 heavy (non-hydrogen) atoms. The summed E-state index contributed by atoms with van der Waals surface area (Å²) < 4.78 is 12.2. The molecule has 1 rings (SSSR count). The Morgan fingerprint density at radius 3 is 2.00 bits per heavy atom. The molecule has 0 radical (unpaired) electrons. The molecule has 1 aliphatic heterocycles. The molecule has 3 heteroatoms. The van der Waals surface area contributed by atoms with Crippen LogP contribution in [0.3, 0.4) is 0 Å². The van der Waals surface area contributed by atoms with Gasteiger partial charge in [0.15, 0.2) is 12.1 Å². The monoisotopic (exact) mass is 340 g/mol. The Hall–Kier alpha value is -0.410. The van der Waals surface area contributed by atoms with E-state index in [0.717, 1.165) is 6.42 Å². The fraction of sp³-hybridized carbons (Fsp3) is 0.952. The van der Waals surface area contributed by atoms with E-state index in [9.17, 15) is 4.79 Å². The molecule has 1 heterocycles. The molecule has 0 bridgehead atoms. The van der Waals surface area contributed by atoms with Crippen LogP contribution in [0, 0.1) is 28.6 Å². The number of ketones is 1. The average Bonchev–Trinajstić information content (AvgIpc) is 2.44. The van der Waals surface area contributed by atoms with Crippen LogP contribution in [0.5, 0.6) is 0 Å². The molecule has 3 nitrogen and oxygen atoms in total. The fourth-order valence-corrected chi connectivity index (χ4v) is 3.27. The Labute approximate surface area is 149 Å². The van der Waals surface area contributed by atoms with Crippen molar-refractivity contribution in [2.24, 2.45) is 28.6 Å². The summed E-state index contributed by atoms with van der Waals surface area (Å²) in [5.41, 5.74) is -0.000711. The molecule has 1 fully saturated rings. The highest BCUT2D eigenvalue weighted by Gasteiger charge is 2.45. The van der Waals surface area contributed by atoms with E-state index >= 15 is 0 Å². The van der Waals surface area contributed by atoms with Crippen LogP contribution in [0.4, 0.5) is 0 Å². The van der Waals surface area contributed by atoms with Crippen molar-refractivity contribution in [1.29, 1.82) is 0 Å². The number of ether oxygens (including phenoxy) is 2. The summed E-state index contributed by atoms with van der Waals surface area (Å²) in [7, 11) is 0. The maximum Gasteiger partial charge on any atom is 0.167 e. The molecule has 0 spiro atoms. The summed E-state index contributed by atoms with van der Waals surface area (Å²) >= 11 is 0. The largest absolute Gasteiger partial charge is 0.352 e. The Kier molecular flexibility index (Phi) is 7.49. The van der Waals surface area contributed by atoms with Gasteiger partial charge in [0.2, 0.25) is 0 Å². The molecular weight excluding hydrogens is 300 g/mol. The summed E-state index contributed by atoms with van der Waals surface area (Å²) in [6.45, 7) is 20.0. The van der Waals surface area contributed by atoms with Crippen molar-refractivity contribution in [3.05, 3.63) is 0 Å². The Balaban J connectivity index is 2.59. The van der Waals surface area contributed by atoms with Gasteiger partial charge in [-0.3, -0.25) is 4.79 Å². The van der Waals surface area contributed by atoms with Gasteiger partial charge in [0.1, 0.15) is 6.10 Å². The summed E-state index contributed by atoms with van der Waals surface area (Å²) in [6.07, 6.45) is 2.81. The van der Waals surface area contributed by atoms with Gasteiger partial charge in [0.25, 0.3) is 0 Å². The topological polar surface area (TPSA) is 35.5 Å². The number of hydrogen-bond donors (Lipinski definition) is 0. The molecule has 0 aliphatic carbocycles. The van der Waals surface area contributed by atoms with Gasteiger partial charge in [-0.2, -0.15) is 0 Å². The quantitative estimate of drug-likeness (QED) is 0.602. The van der Waals surface area contributed by atoms with Crippen LogP contribution >= 0.6 is 0 Å². The summed E-state index contributed by atoms with van der Waals surface area (Å²) in [6, 6.07) is 0. The van der Waals surface area contributed by atoms with Crippen molar-refractivity contribution in [3.63, 3.8) is 0 Å². The molecule has 0 N–H and O–H groups in total. The van der Waals surface area contributed by atoms with Crippen LogP contribution in [-0.4, -0.2) is 24.8 Å². The van der Waals surface area contributed by atoms with Gasteiger partial charge in [-0.1, -0.05) is 68.7 Å². The van der Waals surface area contributed by atoms with Crippen molar-refractivity contribution in [2.75, 3.05) is 6.61 Å². The maximum absolute atomic E-state index is 12.7. The minimum atomic E-state index is -0.378. The van der Waals surface area contributed by atoms with E-state index in [1.54, 1.807) is 0 Å². The molecular formula is C21H40O3. The third-order valence-corrected chi connectivity index (χ3v) is 5.45. The first-order chi connectivity index (χ1) is 10.8. The number of Topliss-reactive ketones (excluding diaryl/α,β-unsaturated/α-hetero) is 1. The van der Waals surface area contributed by atoms with Crippen molar-refractivity contribution >= 4 is 5.78 Å². The zero-order chi connectivity index (χ0) is 18.7. The standard InChI is InChI=1S/C21H40O3/c1-14-15(2)17(18(22)21(7,8)9)24-19(16(14)3)23-13-11-10-12-20(4,5)6/h14-17,19H,10-13H2,1-9H3/t14-,15?,16?,17?,19+/m0/s1. The smallest absolute Gasteiger partial charge is 0.167 e. The fourth-order valence-electron chi connectivity index (χ4n) is 3.27. The highest BCUT2D eigenvalue weighted by Crippen LogP contribution is 2.38. The van der Waals surface area contributed by atoms with Gasteiger partial charge < -0.3 is 9.47 Å². The molecule has 5 atom stereocenters. The lowest BCUT2D eigenvalue weighted by Gasteiger charge is -2.44. The highest BCUT2D eigenvalue weighted by molar-refractivity contribution is 5.88. The molecule has 0 aromatic heterocycles. The number of unbranched alkanes of at least 4 members (excludes halogenated alkanes) is 1. The van der Waals surface area contributed by atoms with Gasteiger partial charge in [0.05, 0.1) is 0 Å². The SMILES string of the molecule is CC1C(C(=O)C(C)(C)C)O[C@@H](OCCCCC(C)(C)C)C(C)[C@H]1C. The van der Waals surface area contributed by atoms with Crippen LogP contribution in [0.2, 0.25) is 0 Å². The number of hydrogen-bond acceptors (Lipinski definition) is 3. The highest BCUT2D eigenvalue weighted by atomic mass is 16.7. The van der Waals surface area contributed by atoms with E-state index in [0.29, 0.717) is 23.9 Å². The molecule has 0 amide bonds. The van der Waals surface area contributed by atoms with Gasteiger partial charge >= 0.3 is 0 Å². The first-order valence-electron chi connectivity index (χ1n) is 9.66. The van der Waals surface area contributed by atoms with E-state index in [2.05, 4.69) is 41.5 Å². The van der Waals surface area contributed by atoms with Crippen molar-refractivity contribution in [2.45, 2.75) is 94.0 Å². The number of rotatable bonds is 6. The van der Waals surface area contributed by atoms with E-state index < -0.39 is 0 Å². The van der Waals surface area contributed by atoms with Gasteiger partial charge in [0, 0.05) is 17.9 Å². The van der Waals surface area contributed by atoms with E-state index in [-0.39, 0.29) is 29.5 Å². The second-order valence-corrected chi connectivity index (χ2v) is 10.0. The Morgan fingerprint density at radius 1 is 0.917 bits per heavy atom. The lowest BCUT2D eigenvalue weighted by Crippen LogP contribution is -2.51. The van der Waals surface area contributed by atoms with Crippen LogP contribution in [0.15, 0.2) is 0 Å². The average molecular weight is 341 g/mol. The van der Waals surface area contributed by atoms with Gasteiger partial charge in [-0.05, 0) is 30.1 Å². The summed E-state index contributed by atoms with van der Waals surface area (Å²) in [5, 5.41) is 0. The lowest BCUT2D eigenvalue weighted by molar-refractivity contribution is -0.245. The van der Waals surface area contributed by atoms with Crippen LogP contribution in [0.1, 0.15) is 81.6 Å². The molecule has 3 unspecified atom stereocenters. The Morgan fingerprint density at radius 2 is 1.50 bits per heavy atom. The second-order valence-electron chi connectivity index (χ2n) is 10.0. The molecule has 142 valence electrons. The maximum atomic E-state index is 12.7. The van der Waals surface area contributed by atoms with Crippen molar-refractivity contribution < 1.29 is 14.3 Å². The normalized spacial score (nSPS) is 32.0. The molecule has 0 aromatic rings. The second kappa shape index (κ2) is 8.31.